The van der Waals surface area contributed by atoms with Crippen LogP contribution in [-0.2, 0) is 0 Å². The van der Waals surface area contributed by atoms with Gasteiger partial charge in [0.1, 0.15) is 0 Å². The molecule has 1 aliphatic rings. The Morgan fingerprint density at radius 1 is 1.50 bits per heavy atom. The molecule has 0 spiro atoms. The van der Waals surface area contributed by atoms with E-state index < -0.39 is 0 Å². The van der Waals surface area contributed by atoms with E-state index in [2.05, 4.69) is 19.2 Å². The molecular formula is C12H15ClN2O. The summed E-state index contributed by atoms with van der Waals surface area (Å²) in [5.41, 5.74) is 6.88. The second kappa shape index (κ2) is 3.67. The maximum atomic E-state index is 11.9. The first-order valence-electron chi connectivity index (χ1n) is 5.25. The molecule has 0 aliphatic heterocycles. The van der Waals surface area contributed by atoms with Gasteiger partial charge in [0, 0.05) is 22.3 Å². The summed E-state index contributed by atoms with van der Waals surface area (Å²) >= 11 is 5.84. The summed E-state index contributed by atoms with van der Waals surface area (Å²) in [5.74, 6) is -0.107. The van der Waals surface area contributed by atoms with Crippen LogP contribution in [0.3, 0.4) is 0 Å². The number of anilines is 1. The minimum absolute atomic E-state index is 0.107. The van der Waals surface area contributed by atoms with Crippen molar-refractivity contribution in [3.8, 4) is 0 Å². The van der Waals surface area contributed by atoms with Gasteiger partial charge in [-0.05, 0) is 30.0 Å². The molecule has 3 N–H and O–H groups in total. The number of hydrogen-bond donors (Lipinski definition) is 2. The number of halogens is 1. The molecule has 1 aromatic rings. The fourth-order valence-corrected chi connectivity index (χ4v) is 1.94. The normalized spacial score (nSPS) is 21.6. The summed E-state index contributed by atoms with van der Waals surface area (Å²) in [6.07, 6.45) is 1.02. The second-order valence-electron chi connectivity index (χ2n) is 4.99. The van der Waals surface area contributed by atoms with E-state index in [-0.39, 0.29) is 17.4 Å². The molecule has 4 heteroatoms. The molecule has 1 unspecified atom stereocenters. The third-order valence-corrected chi connectivity index (χ3v) is 3.22. The van der Waals surface area contributed by atoms with Crippen molar-refractivity contribution in [2.45, 2.75) is 26.3 Å². The topological polar surface area (TPSA) is 55.1 Å². The number of benzene rings is 1. The number of amides is 1. The van der Waals surface area contributed by atoms with E-state index in [0.29, 0.717) is 16.3 Å². The van der Waals surface area contributed by atoms with Crippen LogP contribution in [0.1, 0.15) is 30.6 Å². The quantitative estimate of drug-likeness (QED) is 0.778. The molecule has 1 aliphatic carbocycles. The molecule has 0 heterocycles. The van der Waals surface area contributed by atoms with Crippen LogP contribution in [0.15, 0.2) is 18.2 Å². The molecule has 3 nitrogen and oxygen atoms in total. The molecule has 0 bridgehead atoms. The Balaban J connectivity index is 2.09. The van der Waals surface area contributed by atoms with E-state index in [0.717, 1.165) is 6.42 Å². The monoisotopic (exact) mass is 238 g/mol. The van der Waals surface area contributed by atoms with E-state index in [9.17, 15) is 4.79 Å². The highest BCUT2D eigenvalue weighted by Crippen LogP contribution is 2.44. The summed E-state index contributed by atoms with van der Waals surface area (Å²) in [7, 11) is 0. The lowest BCUT2D eigenvalue weighted by atomic mass is 10.1. The maximum Gasteiger partial charge on any atom is 0.251 e. The first-order valence-corrected chi connectivity index (χ1v) is 5.63. The Hall–Kier alpha value is -1.22. The standard InChI is InChI=1S/C12H15ClN2O/c1-12(2)6-10(12)15-11(16)7-3-8(13)5-9(14)4-7/h3-5,10H,6,14H2,1-2H3,(H,15,16). The first kappa shape index (κ1) is 11.3. The first-order chi connectivity index (χ1) is 7.38. The highest BCUT2D eigenvalue weighted by atomic mass is 35.5. The van der Waals surface area contributed by atoms with Gasteiger partial charge in [0.15, 0.2) is 0 Å². The summed E-state index contributed by atoms with van der Waals surface area (Å²) in [4.78, 5) is 11.9. The minimum Gasteiger partial charge on any atom is -0.399 e. The number of carbonyl (C=O) groups is 1. The van der Waals surface area contributed by atoms with Crippen LogP contribution in [-0.4, -0.2) is 11.9 Å². The fourth-order valence-electron chi connectivity index (χ4n) is 1.70. The zero-order valence-electron chi connectivity index (χ0n) is 9.38. The van der Waals surface area contributed by atoms with Crippen molar-refractivity contribution in [1.82, 2.24) is 5.32 Å². The Labute approximate surface area is 100.0 Å². The van der Waals surface area contributed by atoms with E-state index in [4.69, 9.17) is 17.3 Å². The highest BCUT2D eigenvalue weighted by Gasteiger charge is 2.46. The number of nitrogens with two attached hydrogens (primary N) is 1. The average molecular weight is 239 g/mol. The molecule has 1 aromatic carbocycles. The van der Waals surface area contributed by atoms with Crippen LogP contribution in [0.5, 0.6) is 0 Å². The average Bonchev–Trinajstić information content (AvgIpc) is 2.71. The van der Waals surface area contributed by atoms with Crippen molar-refractivity contribution in [2.24, 2.45) is 5.41 Å². The molecule has 16 heavy (non-hydrogen) atoms. The Morgan fingerprint density at radius 2 is 2.12 bits per heavy atom. The van der Waals surface area contributed by atoms with Gasteiger partial charge in [0.05, 0.1) is 0 Å². The summed E-state index contributed by atoms with van der Waals surface area (Å²) < 4.78 is 0. The molecule has 2 rings (SSSR count). The van der Waals surface area contributed by atoms with Gasteiger partial charge in [-0.2, -0.15) is 0 Å². The van der Waals surface area contributed by atoms with Crippen molar-refractivity contribution >= 4 is 23.2 Å². The third kappa shape index (κ3) is 2.30. The zero-order valence-corrected chi connectivity index (χ0v) is 10.1. The molecule has 0 saturated heterocycles. The van der Waals surface area contributed by atoms with Crippen molar-refractivity contribution in [2.75, 3.05) is 5.73 Å². The summed E-state index contributed by atoms with van der Waals surface area (Å²) in [5, 5.41) is 3.45. The Kier molecular flexibility index (Phi) is 2.58. The molecule has 1 saturated carbocycles. The van der Waals surface area contributed by atoms with Crippen LogP contribution in [0, 0.1) is 5.41 Å². The molecule has 0 radical (unpaired) electrons. The van der Waals surface area contributed by atoms with Gasteiger partial charge < -0.3 is 11.1 Å². The van der Waals surface area contributed by atoms with Crippen molar-refractivity contribution in [3.05, 3.63) is 28.8 Å². The lowest BCUT2D eigenvalue weighted by molar-refractivity contribution is 0.0946. The number of nitrogen functional groups attached to an aromatic ring is 1. The molecular weight excluding hydrogens is 224 g/mol. The number of hydrogen-bond acceptors (Lipinski definition) is 2. The predicted molar refractivity (Wildman–Crippen MR) is 65.5 cm³/mol. The predicted octanol–water partition coefficient (Wildman–Crippen LogP) is 2.45. The smallest absolute Gasteiger partial charge is 0.251 e. The van der Waals surface area contributed by atoms with Crippen LogP contribution >= 0.6 is 11.6 Å². The largest absolute Gasteiger partial charge is 0.399 e. The summed E-state index contributed by atoms with van der Waals surface area (Å²) in [6.45, 7) is 4.26. The van der Waals surface area contributed by atoms with Gasteiger partial charge >= 0.3 is 0 Å². The van der Waals surface area contributed by atoms with E-state index in [1.807, 2.05) is 0 Å². The fraction of sp³-hybridized carbons (Fsp3) is 0.417. The van der Waals surface area contributed by atoms with E-state index >= 15 is 0 Å². The number of nitrogens with one attached hydrogen (secondary N) is 1. The van der Waals surface area contributed by atoms with Gasteiger partial charge in [-0.25, -0.2) is 0 Å². The van der Waals surface area contributed by atoms with E-state index in [1.165, 1.54) is 0 Å². The van der Waals surface area contributed by atoms with Crippen LogP contribution in [0.25, 0.3) is 0 Å². The van der Waals surface area contributed by atoms with Crippen molar-refractivity contribution in [3.63, 3.8) is 0 Å². The maximum absolute atomic E-state index is 11.9. The molecule has 1 amide bonds. The van der Waals surface area contributed by atoms with Crippen LogP contribution in [0.4, 0.5) is 5.69 Å². The SMILES string of the molecule is CC1(C)CC1NC(=O)c1cc(N)cc(Cl)c1. The van der Waals surface area contributed by atoms with Crippen LogP contribution < -0.4 is 11.1 Å². The lowest BCUT2D eigenvalue weighted by Gasteiger charge is -2.07. The van der Waals surface area contributed by atoms with Gasteiger partial charge in [-0.15, -0.1) is 0 Å². The Bertz CT molecular complexity index is 422. The molecule has 0 aromatic heterocycles. The zero-order chi connectivity index (χ0) is 11.9. The second-order valence-corrected chi connectivity index (χ2v) is 5.43. The Morgan fingerprint density at radius 3 is 2.62 bits per heavy atom. The van der Waals surface area contributed by atoms with Gasteiger partial charge in [0.25, 0.3) is 5.91 Å². The highest BCUT2D eigenvalue weighted by molar-refractivity contribution is 6.31. The minimum atomic E-state index is -0.107. The number of carbonyl (C=O) groups excluding carboxylic acids is 1. The van der Waals surface area contributed by atoms with Crippen molar-refractivity contribution in [1.29, 1.82) is 0 Å². The van der Waals surface area contributed by atoms with Crippen molar-refractivity contribution < 1.29 is 4.79 Å². The van der Waals surface area contributed by atoms with E-state index in [1.54, 1.807) is 18.2 Å². The summed E-state index contributed by atoms with van der Waals surface area (Å²) in [6, 6.07) is 5.15. The van der Waals surface area contributed by atoms with Gasteiger partial charge in [-0.1, -0.05) is 25.4 Å². The number of rotatable bonds is 2. The van der Waals surface area contributed by atoms with Crippen LogP contribution in [0.2, 0.25) is 5.02 Å². The van der Waals surface area contributed by atoms with Gasteiger partial charge in [-0.3, -0.25) is 4.79 Å². The molecule has 86 valence electrons. The van der Waals surface area contributed by atoms with Gasteiger partial charge in [0.2, 0.25) is 0 Å². The molecule has 1 atom stereocenters. The third-order valence-electron chi connectivity index (χ3n) is 3.00. The lowest BCUT2D eigenvalue weighted by Crippen LogP contribution is -2.28. The molecule has 1 fully saturated rings.